The van der Waals surface area contributed by atoms with Crippen molar-refractivity contribution in [3.63, 3.8) is 0 Å². The lowest BCUT2D eigenvalue weighted by atomic mass is 10.1. The summed E-state index contributed by atoms with van der Waals surface area (Å²) >= 11 is 5.86. The van der Waals surface area contributed by atoms with Crippen molar-refractivity contribution in [2.24, 2.45) is 11.1 Å². The van der Waals surface area contributed by atoms with Crippen molar-refractivity contribution in [2.45, 2.75) is 13.3 Å². The van der Waals surface area contributed by atoms with Crippen LogP contribution in [0.1, 0.15) is 13.3 Å². The van der Waals surface area contributed by atoms with Crippen molar-refractivity contribution in [1.82, 2.24) is 0 Å². The molecule has 112 valence electrons. The molecule has 9 heteroatoms. The van der Waals surface area contributed by atoms with Crippen LogP contribution in [0.5, 0.6) is 5.75 Å². The lowest BCUT2D eigenvalue weighted by molar-refractivity contribution is -0.385. The lowest BCUT2D eigenvalue weighted by Gasteiger charge is -2.15. The summed E-state index contributed by atoms with van der Waals surface area (Å²) < 4.78 is 27.4. The van der Waals surface area contributed by atoms with Gasteiger partial charge in [-0.15, -0.1) is 0 Å². The molecular weight excluding hydrogens is 308 g/mol. The molecule has 2 N–H and O–H groups in total. The Kier molecular flexibility index (Phi) is 5.73. The first-order valence-corrected chi connectivity index (χ1v) is 7.90. The molecule has 0 aromatic heterocycles. The van der Waals surface area contributed by atoms with E-state index in [2.05, 4.69) is 0 Å². The summed E-state index contributed by atoms with van der Waals surface area (Å²) in [5.41, 5.74) is -0.261. The van der Waals surface area contributed by atoms with E-state index in [4.69, 9.17) is 21.5 Å². The van der Waals surface area contributed by atoms with Gasteiger partial charge in [-0.3, -0.25) is 10.1 Å². The zero-order valence-corrected chi connectivity index (χ0v) is 12.4. The smallest absolute Gasteiger partial charge is 0.312 e. The highest BCUT2D eigenvalue weighted by molar-refractivity contribution is 7.89. The van der Waals surface area contributed by atoms with Crippen LogP contribution in [-0.2, 0) is 10.0 Å². The van der Waals surface area contributed by atoms with Crippen LogP contribution in [0.15, 0.2) is 18.2 Å². The summed E-state index contributed by atoms with van der Waals surface area (Å²) in [4.78, 5) is 10.3. The highest BCUT2D eigenvalue weighted by Gasteiger charge is 2.21. The van der Waals surface area contributed by atoms with E-state index < -0.39 is 14.9 Å². The first kappa shape index (κ1) is 16.7. The van der Waals surface area contributed by atoms with Crippen LogP contribution in [0, 0.1) is 16.0 Å². The highest BCUT2D eigenvalue weighted by Crippen LogP contribution is 2.34. The third-order valence-corrected chi connectivity index (χ3v) is 3.89. The van der Waals surface area contributed by atoms with Crippen LogP contribution in [-0.4, -0.2) is 25.7 Å². The molecule has 20 heavy (non-hydrogen) atoms. The van der Waals surface area contributed by atoms with E-state index in [1.54, 1.807) is 6.92 Å². The van der Waals surface area contributed by atoms with Gasteiger partial charge in [0.05, 0.1) is 22.3 Å². The summed E-state index contributed by atoms with van der Waals surface area (Å²) in [6, 6.07) is 4.17. The Bertz CT molecular complexity index is 590. The van der Waals surface area contributed by atoms with Gasteiger partial charge >= 0.3 is 5.69 Å². The van der Waals surface area contributed by atoms with Crippen molar-refractivity contribution in [3.05, 3.63) is 33.3 Å². The van der Waals surface area contributed by atoms with Crippen molar-refractivity contribution in [1.29, 1.82) is 0 Å². The van der Waals surface area contributed by atoms with Gasteiger partial charge in [0.2, 0.25) is 15.8 Å². The second kappa shape index (κ2) is 6.87. The SMILES string of the molecule is CCC(COc1c(Cl)cccc1[N+](=O)[O-])CS(N)(=O)=O. The van der Waals surface area contributed by atoms with Gasteiger partial charge in [-0.25, -0.2) is 13.6 Å². The first-order valence-electron chi connectivity index (χ1n) is 5.80. The quantitative estimate of drug-likeness (QED) is 0.609. The van der Waals surface area contributed by atoms with E-state index in [1.165, 1.54) is 18.2 Å². The van der Waals surface area contributed by atoms with Gasteiger partial charge < -0.3 is 4.74 Å². The van der Waals surface area contributed by atoms with E-state index in [1.807, 2.05) is 0 Å². The summed E-state index contributed by atoms with van der Waals surface area (Å²) in [5, 5.41) is 15.9. The number of nitro benzene ring substituents is 1. The van der Waals surface area contributed by atoms with Crippen LogP contribution in [0.4, 0.5) is 5.69 Å². The van der Waals surface area contributed by atoms with Crippen LogP contribution in [0.25, 0.3) is 0 Å². The first-order chi connectivity index (χ1) is 9.24. The average Bonchev–Trinajstić information content (AvgIpc) is 2.33. The van der Waals surface area contributed by atoms with Crippen molar-refractivity contribution in [3.8, 4) is 5.75 Å². The number of hydrogen-bond donors (Lipinski definition) is 1. The normalized spacial score (nSPS) is 12.9. The standard InChI is InChI=1S/C11H15ClN2O5S/c1-2-8(7-20(13,17)18)6-19-11-9(12)4-3-5-10(11)14(15)16/h3-5,8H,2,6-7H2,1H3,(H2,13,17,18). The van der Waals surface area contributed by atoms with Gasteiger partial charge in [0, 0.05) is 12.0 Å². The van der Waals surface area contributed by atoms with E-state index in [0.29, 0.717) is 6.42 Å². The topological polar surface area (TPSA) is 113 Å². The molecule has 1 aromatic rings. The van der Waals surface area contributed by atoms with Crippen LogP contribution >= 0.6 is 11.6 Å². The Morgan fingerprint density at radius 3 is 2.65 bits per heavy atom. The third kappa shape index (κ3) is 4.95. The fourth-order valence-corrected chi connectivity index (χ4v) is 2.81. The summed E-state index contributed by atoms with van der Waals surface area (Å²) in [5.74, 6) is -0.671. The van der Waals surface area contributed by atoms with Gasteiger partial charge in [0.25, 0.3) is 0 Å². The van der Waals surface area contributed by atoms with E-state index in [-0.39, 0.29) is 34.7 Å². The maximum absolute atomic E-state index is 11.0. The minimum atomic E-state index is -3.62. The molecule has 1 atom stereocenters. The van der Waals surface area contributed by atoms with Gasteiger partial charge in [-0.2, -0.15) is 0 Å². The summed E-state index contributed by atoms with van der Waals surface area (Å²) in [7, 11) is -3.62. The summed E-state index contributed by atoms with van der Waals surface area (Å²) in [6.07, 6.45) is 0.509. The Morgan fingerprint density at radius 1 is 1.50 bits per heavy atom. The fourth-order valence-electron chi connectivity index (χ4n) is 1.60. The molecule has 7 nitrogen and oxygen atoms in total. The second-order valence-electron chi connectivity index (χ2n) is 4.26. The van der Waals surface area contributed by atoms with Crippen molar-refractivity contribution >= 4 is 27.3 Å². The number of rotatable bonds is 7. The zero-order valence-electron chi connectivity index (χ0n) is 10.8. The number of nitrogens with two attached hydrogens (primary N) is 1. The van der Waals surface area contributed by atoms with Crippen LogP contribution < -0.4 is 9.88 Å². The molecule has 0 spiro atoms. The number of ether oxygens (including phenoxy) is 1. The molecule has 1 aromatic carbocycles. The summed E-state index contributed by atoms with van der Waals surface area (Å²) in [6.45, 7) is 1.76. The number of halogens is 1. The molecule has 1 rings (SSSR count). The van der Waals surface area contributed by atoms with Crippen molar-refractivity contribution < 1.29 is 18.1 Å². The molecule has 0 fully saturated rings. The molecule has 0 bridgehead atoms. The van der Waals surface area contributed by atoms with Crippen molar-refractivity contribution in [2.75, 3.05) is 12.4 Å². The number of nitro groups is 1. The number of para-hydroxylation sites is 1. The predicted octanol–water partition coefficient (Wildman–Crippen LogP) is 1.94. The average molecular weight is 323 g/mol. The van der Waals surface area contributed by atoms with Gasteiger partial charge in [-0.1, -0.05) is 24.6 Å². The maximum Gasteiger partial charge on any atom is 0.312 e. The minimum absolute atomic E-state index is 0.0164. The van der Waals surface area contributed by atoms with Crippen LogP contribution in [0.3, 0.4) is 0 Å². The Morgan fingerprint density at radius 2 is 2.15 bits per heavy atom. The molecule has 0 aliphatic heterocycles. The monoisotopic (exact) mass is 322 g/mol. The molecule has 0 aliphatic carbocycles. The Balaban J connectivity index is 2.86. The van der Waals surface area contributed by atoms with Gasteiger partial charge in [0.1, 0.15) is 0 Å². The second-order valence-corrected chi connectivity index (χ2v) is 6.33. The lowest BCUT2D eigenvalue weighted by Crippen LogP contribution is -2.26. The molecule has 1 unspecified atom stereocenters. The molecule has 0 radical (unpaired) electrons. The third-order valence-electron chi connectivity index (χ3n) is 2.65. The van der Waals surface area contributed by atoms with E-state index in [9.17, 15) is 18.5 Å². The number of primary sulfonamides is 1. The molecule has 0 heterocycles. The van der Waals surface area contributed by atoms with Gasteiger partial charge in [-0.05, 0) is 12.5 Å². The Hall–Kier alpha value is -1.38. The number of benzene rings is 1. The molecule has 0 saturated heterocycles. The maximum atomic E-state index is 11.0. The van der Waals surface area contributed by atoms with Gasteiger partial charge in [0.15, 0.2) is 0 Å². The highest BCUT2D eigenvalue weighted by atomic mass is 35.5. The molecule has 0 amide bonds. The predicted molar refractivity (Wildman–Crippen MR) is 75.4 cm³/mol. The fraction of sp³-hybridized carbons (Fsp3) is 0.455. The number of nitrogens with zero attached hydrogens (tertiary/aromatic N) is 1. The number of hydrogen-bond acceptors (Lipinski definition) is 5. The minimum Gasteiger partial charge on any atom is -0.485 e. The van der Waals surface area contributed by atoms with E-state index in [0.717, 1.165) is 0 Å². The molecule has 0 saturated carbocycles. The van der Waals surface area contributed by atoms with E-state index >= 15 is 0 Å². The molecular formula is C11H15ClN2O5S. The number of sulfonamides is 1. The zero-order chi connectivity index (χ0) is 15.3. The molecule has 0 aliphatic rings. The van der Waals surface area contributed by atoms with Crippen LogP contribution in [0.2, 0.25) is 5.02 Å². The largest absolute Gasteiger partial charge is 0.485 e. The Labute approximate surface area is 121 Å².